The molecule has 0 unspecified atom stereocenters. The molecule has 5 rings (SSSR count). The topological polar surface area (TPSA) is 84.2 Å². The molecule has 0 aromatic carbocycles. The fraction of sp³-hybridized carbons (Fsp3) is 0.208. The molecule has 0 saturated heterocycles. The van der Waals surface area contributed by atoms with Gasteiger partial charge >= 0.3 is 0 Å². The van der Waals surface area contributed by atoms with E-state index in [1.165, 1.54) is 0 Å². The van der Waals surface area contributed by atoms with E-state index in [1.807, 2.05) is 42.6 Å². The fourth-order valence-electron chi connectivity index (χ4n) is 4.43. The summed E-state index contributed by atoms with van der Waals surface area (Å²) < 4.78 is 5.57. The van der Waals surface area contributed by atoms with Crippen molar-refractivity contribution in [2.24, 2.45) is 0 Å². The van der Waals surface area contributed by atoms with Crippen LogP contribution in [0.3, 0.4) is 0 Å². The van der Waals surface area contributed by atoms with Crippen molar-refractivity contribution >= 4 is 28.8 Å². The van der Waals surface area contributed by atoms with Gasteiger partial charge in [0.2, 0.25) is 0 Å². The van der Waals surface area contributed by atoms with Crippen LogP contribution in [-0.4, -0.2) is 16.7 Å². The number of carbonyl (C=O) groups excluding carboxylic acids is 2. The van der Waals surface area contributed by atoms with E-state index in [9.17, 15) is 9.59 Å². The van der Waals surface area contributed by atoms with E-state index in [2.05, 4.69) is 15.6 Å². The van der Waals surface area contributed by atoms with Gasteiger partial charge < -0.3 is 15.1 Å². The first-order valence-electron chi connectivity index (χ1n) is 10.1. The van der Waals surface area contributed by atoms with Gasteiger partial charge in [0.05, 0.1) is 12.2 Å². The molecule has 1 amide bonds. The third kappa shape index (κ3) is 3.61. The fourth-order valence-corrected chi connectivity index (χ4v) is 5.27. The van der Waals surface area contributed by atoms with Crippen molar-refractivity contribution in [2.75, 3.05) is 5.32 Å². The first kappa shape index (κ1) is 19.5. The van der Waals surface area contributed by atoms with Crippen LogP contribution >= 0.6 is 11.3 Å². The number of anilines is 1. The lowest BCUT2D eigenvalue weighted by molar-refractivity contribution is -0.116. The van der Waals surface area contributed by atoms with Crippen LogP contribution in [0.5, 0.6) is 0 Å². The van der Waals surface area contributed by atoms with Crippen LogP contribution in [0, 0.1) is 0 Å². The molecule has 0 fully saturated rings. The molecule has 156 valence electrons. The highest BCUT2D eigenvalue weighted by atomic mass is 32.1. The molecule has 6 nitrogen and oxygen atoms in total. The summed E-state index contributed by atoms with van der Waals surface area (Å²) in [6.45, 7) is 1.89. The van der Waals surface area contributed by atoms with Gasteiger partial charge in [0.25, 0.3) is 5.91 Å². The highest BCUT2D eigenvalue weighted by molar-refractivity contribution is 7.10. The summed E-state index contributed by atoms with van der Waals surface area (Å²) >= 11 is 1.55. The Morgan fingerprint density at radius 2 is 2.10 bits per heavy atom. The van der Waals surface area contributed by atoms with Crippen LogP contribution in [0.1, 0.15) is 42.2 Å². The highest BCUT2D eigenvalue weighted by Gasteiger charge is 2.41. The maximum atomic E-state index is 13.4. The summed E-state index contributed by atoms with van der Waals surface area (Å²) in [7, 11) is 0. The smallest absolute Gasteiger partial charge is 0.255 e. The number of hydrogen-bond donors (Lipinski definition) is 2. The van der Waals surface area contributed by atoms with Crippen LogP contribution in [0.4, 0.5) is 5.82 Å². The van der Waals surface area contributed by atoms with Crippen LogP contribution in [-0.2, 0) is 9.59 Å². The molecule has 0 saturated carbocycles. The monoisotopic (exact) mass is 431 g/mol. The third-order valence-corrected chi connectivity index (χ3v) is 6.69. The molecule has 0 bridgehead atoms. The van der Waals surface area contributed by atoms with E-state index < -0.39 is 5.92 Å². The van der Waals surface area contributed by atoms with Crippen LogP contribution in [0.25, 0.3) is 0 Å². The number of pyridine rings is 1. The summed E-state index contributed by atoms with van der Waals surface area (Å²) in [5.41, 5.74) is 2.86. The van der Waals surface area contributed by atoms with Gasteiger partial charge in [0.1, 0.15) is 11.6 Å². The van der Waals surface area contributed by atoms with Crippen molar-refractivity contribution in [2.45, 2.75) is 31.6 Å². The van der Waals surface area contributed by atoms with Gasteiger partial charge in [-0.1, -0.05) is 12.1 Å². The Kier molecular flexibility index (Phi) is 5.03. The first-order valence-corrected chi connectivity index (χ1v) is 11.0. The predicted molar refractivity (Wildman–Crippen MR) is 118 cm³/mol. The van der Waals surface area contributed by atoms with Gasteiger partial charge in [0, 0.05) is 46.0 Å². The molecule has 4 heterocycles. The van der Waals surface area contributed by atoms with Gasteiger partial charge in [-0.25, -0.2) is 4.98 Å². The second-order valence-electron chi connectivity index (χ2n) is 7.72. The number of amides is 1. The number of nitrogens with one attached hydrogen (secondary N) is 2. The average Bonchev–Trinajstić information content (AvgIpc) is 3.47. The second kappa shape index (κ2) is 8.00. The molecule has 3 aromatic rings. The Labute approximate surface area is 183 Å². The zero-order valence-corrected chi connectivity index (χ0v) is 17.7. The minimum Gasteiger partial charge on any atom is -0.469 e. The Morgan fingerprint density at radius 3 is 2.81 bits per heavy atom. The van der Waals surface area contributed by atoms with Crippen molar-refractivity contribution in [1.29, 1.82) is 0 Å². The standard InChI is InChI=1S/C24H21N3O3S/c1-14-21(24(29)27-20-8-2-3-9-25-20)23(19-7-5-11-31-19)22-16(26-14)12-15(13-17(22)28)18-6-4-10-30-18/h2-11,15,23,26H,12-13H2,1H3,(H,25,27,29)/t15-,23+/m0/s1. The van der Waals surface area contributed by atoms with E-state index in [4.69, 9.17) is 4.42 Å². The van der Waals surface area contributed by atoms with Gasteiger partial charge in [-0.15, -0.1) is 11.3 Å². The number of Topliss-reactive ketones (excluding diaryl/α,β-unsaturated/α-hetero) is 1. The minimum atomic E-state index is -0.398. The van der Waals surface area contributed by atoms with E-state index in [0.717, 1.165) is 22.0 Å². The number of hydrogen-bond acceptors (Lipinski definition) is 6. The molecule has 2 atom stereocenters. The van der Waals surface area contributed by atoms with Crippen molar-refractivity contribution in [3.05, 3.63) is 93.5 Å². The van der Waals surface area contributed by atoms with Gasteiger partial charge in [0.15, 0.2) is 5.78 Å². The Balaban J connectivity index is 1.54. The third-order valence-electron chi connectivity index (χ3n) is 5.75. The normalized spacial score (nSPS) is 21.0. The maximum absolute atomic E-state index is 13.4. The Hall–Kier alpha value is -3.45. The van der Waals surface area contributed by atoms with Crippen molar-refractivity contribution < 1.29 is 14.0 Å². The lowest BCUT2D eigenvalue weighted by Gasteiger charge is -2.35. The molecule has 0 spiro atoms. The van der Waals surface area contributed by atoms with E-state index >= 15 is 0 Å². The molecular weight excluding hydrogens is 410 g/mol. The van der Waals surface area contributed by atoms with Crippen molar-refractivity contribution in [3.8, 4) is 0 Å². The quantitative estimate of drug-likeness (QED) is 0.624. The average molecular weight is 432 g/mol. The number of dihydropyridines is 1. The molecule has 2 N–H and O–H groups in total. The number of rotatable bonds is 4. The molecule has 1 aliphatic heterocycles. The molecule has 0 radical (unpaired) electrons. The first-order chi connectivity index (χ1) is 15.1. The summed E-state index contributed by atoms with van der Waals surface area (Å²) in [6, 6.07) is 13.1. The Morgan fingerprint density at radius 1 is 1.19 bits per heavy atom. The number of aromatic nitrogens is 1. The highest BCUT2D eigenvalue weighted by Crippen LogP contribution is 2.46. The molecule has 2 aliphatic rings. The zero-order chi connectivity index (χ0) is 21.4. The number of furan rings is 1. The molecule has 1 aliphatic carbocycles. The van der Waals surface area contributed by atoms with Crippen molar-refractivity contribution in [1.82, 2.24) is 10.3 Å². The van der Waals surface area contributed by atoms with E-state index in [1.54, 1.807) is 35.9 Å². The number of thiophene rings is 1. The lowest BCUT2D eigenvalue weighted by atomic mass is 9.74. The van der Waals surface area contributed by atoms with Gasteiger partial charge in [-0.05, 0) is 49.1 Å². The summed E-state index contributed by atoms with van der Waals surface area (Å²) in [4.78, 5) is 31.9. The summed E-state index contributed by atoms with van der Waals surface area (Å²) in [5.74, 6) is 0.679. The largest absolute Gasteiger partial charge is 0.469 e. The zero-order valence-electron chi connectivity index (χ0n) is 16.9. The van der Waals surface area contributed by atoms with E-state index in [-0.39, 0.29) is 17.6 Å². The number of ketones is 1. The van der Waals surface area contributed by atoms with Crippen molar-refractivity contribution in [3.63, 3.8) is 0 Å². The van der Waals surface area contributed by atoms with Crippen LogP contribution in [0.15, 0.2) is 87.3 Å². The number of allylic oxidation sites excluding steroid dienone is 3. The number of carbonyl (C=O) groups is 2. The Bertz CT molecular complexity index is 1180. The van der Waals surface area contributed by atoms with Gasteiger partial charge in [-0.3, -0.25) is 9.59 Å². The summed E-state index contributed by atoms with van der Waals surface area (Å²) in [6.07, 6.45) is 4.30. The molecule has 31 heavy (non-hydrogen) atoms. The van der Waals surface area contributed by atoms with Crippen LogP contribution < -0.4 is 10.6 Å². The minimum absolute atomic E-state index is 0.00516. The maximum Gasteiger partial charge on any atom is 0.255 e. The molecule has 7 heteroatoms. The predicted octanol–water partition coefficient (Wildman–Crippen LogP) is 4.74. The lowest BCUT2D eigenvalue weighted by Crippen LogP contribution is -2.36. The van der Waals surface area contributed by atoms with Crippen LogP contribution in [0.2, 0.25) is 0 Å². The molecule has 3 aromatic heterocycles. The summed E-state index contributed by atoms with van der Waals surface area (Å²) in [5, 5.41) is 8.23. The number of nitrogens with zero attached hydrogens (tertiary/aromatic N) is 1. The SMILES string of the molecule is CC1=C(C(=O)Nc2ccccn2)[C@@H](c2cccs2)C2=C(C[C@H](c3ccco3)CC2=O)N1. The van der Waals surface area contributed by atoms with E-state index in [0.29, 0.717) is 29.8 Å². The van der Waals surface area contributed by atoms with Gasteiger partial charge in [-0.2, -0.15) is 0 Å². The second-order valence-corrected chi connectivity index (χ2v) is 8.70. The molecular formula is C24H21N3O3S.